The minimum Gasteiger partial charge on any atom is -0.356 e. The topological polar surface area (TPSA) is 100 Å². The highest BCUT2D eigenvalue weighted by molar-refractivity contribution is 7.89. The highest BCUT2D eigenvalue weighted by Gasteiger charge is 2.24. The molecule has 0 bridgehead atoms. The molecule has 0 aromatic carbocycles. The Hall–Kier alpha value is -2.13. The number of sulfonamides is 1. The number of hydrogen-bond acceptors (Lipinski definition) is 4. The van der Waals surface area contributed by atoms with Crippen molar-refractivity contribution in [3.63, 3.8) is 0 Å². The molecule has 1 aliphatic heterocycles. The maximum absolute atomic E-state index is 12.4. The van der Waals surface area contributed by atoms with Gasteiger partial charge in [0.25, 0.3) is 5.91 Å². The SMILES string of the molecule is CC(Cn1cccn1)NS(=O)(=O)c1c[nH]c(C(=O)N2CCCC2)c1. The van der Waals surface area contributed by atoms with E-state index in [0.717, 1.165) is 25.9 Å². The zero-order chi connectivity index (χ0) is 17.2. The van der Waals surface area contributed by atoms with E-state index in [0.29, 0.717) is 12.2 Å². The number of amides is 1. The molecule has 1 aliphatic rings. The van der Waals surface area contributed by atoms with Gasteiger partial charge in [0.2, 0.25) is 10.0 Å². The Kier molecular flexibility index (Phi) is 4.72. The molecular formula is C15H21N5O3S. The fourth-order valence-electron chi connectivity index (χ4n) is 2.80. The molecule has 3 heterocycles. The zero-order valence-electron chi connectivity index (χ0n) is 13.5. The largest absolute Gasteiger partial charge is 0.356 e. The Bertz CT molecular complexity index is 791. The van der Waals surface area contributed by atoms with Crippen LogP contribution in [0, 0.1) is 0 Å². The van der Waals surface area contributed by atoms with Crippen LogP contribution < -0.4 is 4.72 Å². The van der Waals surface area contributed by atoms with E-state index in [9.17, 15) is 13.2 Å². The van der Waals surface area contributed by atoms with Crippen LogP contribution in [0.2, 0.25) is 0 Å². The lowest BCUT2D eigenvalue weighted by atomic mass is 10.4. The van der Waals surface area contributed by atoms with Crippen molar-refractivity contribution in [2.45, 2.75) is 37.2 Å². The number of nitrogens with zero attached hydrogens (tertiary/aromatic N) is 3. The molecule has 0 radical (unpaired) electrons. The Morgan fingerprint density at radius 2 is 2.17 bits per heavy atom. The van der Waals surface area contributed by atoms with E-state index >= 15 is 0 Å². The molecular weight excluding hydrogens is 330 g/mol. The molecule has 2 aromatic heterocycles. The lowest BCUT2D eigenvalue weighted by molar-refractivity contribution is 0.0787. The van der Waals surface area contributed by atoms with Gasteiger partial charge in [-0.15, -0.1) is 0 Å². The number of rotatable bonds is 6. The first-order valence-corrected chi connectivity index (χ1v) is 9.41. The van der Waals surface area contributed by atoms with Crippen LogP contribution >= 0.6 is 0 Å². The predicted molar refractivity (Wildman–Crippen MR) is 87.9 cm³/mol. The first-order valence-electron chi connectivity index (χ1n) is 7.93. The van der Waals surface area contributed by atoms with Gasteiger partial charge < -0.3 is 9.88 Å². The molecule has 0 saturated carbocycles. The van der Waals surface area contributed by atoms with Gasteiger partial charge in [-0.25, -0.2) is 13.1 Å². The van der Waals surface area contributed by atoms with Gasteiger partial charge in [0.1, 0.15) is 10.6 Å². The number of aromatic nitrogens is 3. The summed E-state index contributed by atoms with van der Waals surface area (Å²) < 4.78 is 29.1. The van der Waals surface area contributed by atoms with Gasteiger partial charge in [0.15, 0.2) is 0 Å². The summed E-state index contributed by atoms with van der Waals surface area (Å²) in [6.45, 7) is 3.64. The van der Waals surface area contributed by atoms with Crippen LogP contribution in [-0.4, -0.2) is 53.1 Å². The Balaban J connectivity index is 1.67. The van der Waals surface area contributed by atoms with Gasteiger partial charge in [0.05, 0.1) is 6.54 Å². The quantitative estimate of drug-likeness (QED) is 0.804. The molecule has 130 valence electrons. The highest BCUT2D eigenvalue weighted by Crippen LogP contribution is 2.16. The van der Waals surface area contributed by atoms with Crippen LogP contribution in [-0.2, 0) is 16.6 Å². The van der Waals surface area contributed by atoms with Gasteiger partial charge in [-0.1, -0.05) is 0 Å². The van der Waals surface area contributed by atoms with Crippen LogP contribution in [0.15, 0.2) is 35.6 Å². The molecule has 3 rings (SSSR count). The van der Waals surface area contributed by atoms with E-state index in [1.54, 1.807) is 35.0 Å². The van der Waals surface area contributed by atoms with Crippen molar-refractivity contribution in [1.29, 1.82) is 0 Å². The normalized spacial score (nSPS) is 16.5. The summed E-state index contributed by atoms with van der Waals surface area (Å²) in [5.41, 5.74) is 0.303. The fourth-order valence-corrected chi connectivity index (χ4v) is 4.03. The van der Waals surface area contributed by atoms with Crippen LogP contribution in [0.5, 0.6) is 0 Å². The summed E-state index contributed by atoms with van der Waals surface area (Å²) in [4.78, 5) is 16.9. The Labute approximate surface area is 140 Å². The molecule has 9 heteroatoms. The number of hydrogen-bond donors (Lipinski definition) is 2. The number of H-pyrrole nitrogens is 1. The van der Waals surface area contributed by atoms with Crippen LogP contribution in [0.3, 0.4) is 0 Å². The second-order valence-electron chi connectivity index (χ2n) is 6.00. The second-order valence-corrected chi connectivity index (χ2v) is 7.71. The molecule has 1 unspecified atom stereocenters. The monoisotopic (exact) mass is 351 g/mol. The summed E-state index contributed by atoms with van der Waals surface area (Å²) in [6.07, 6.45) is 6.75. The maximum Gasteiger partial charge on any atom is 0.270 e. The summed E-state index contributed by atoms with van der Waals surface area (Å²) >= 11 is 0. The van der Waals surface area contributed by atoms with Gasteiger partial charge in [-0.05, 0) is 31.9 Å². The Morgan fingerprint density at radius 3 is 2.83 bits per heavy atom. The number of likely N-dealkylation sites (tertiary alicyclic amines) is 1. The van der Waals surface area contributed by atoms with E-state index in [2.05, 4.69) is 14.8 Å². The number of aromatic amines is 1. The average molecular weight is 351 g/mol. The third kappa shape index (κ3) is 3.68. The molecule has 2 aromatic rings. The second kappa shape index (κ2) is 6.78. The van der Waals surface area contributed by atoms with Gasteiger partial charge in [0, 0.05) is 37.7 Å². The number of carbonyl (C=O) groups excluding carboxylic acids is 1. The zero-order valence-corrected chi connectivity index (χ0v) is 14.3. The molecule has 1 saturated heterocycles. The van der Waals surface area contributed by atoms with E-state index in [1.807, 2.05) is 0 Å². The Morgan fingerprint density at radius 1 is 1.42 bits per heavy atom. The molecule has 2 N–H and O–H groups in total. The minimum absolute atomic E-state index is 0.0670. The van der Waals surface area contributed by atoms with E-state index in [4.69, 9.17) is 0 Å². The smallest absolute Gasteiger partial charge is 0.270 e. The van der Waals surface area contributed by atoms with Crippen molar-refractivity contribution >= 4 is 15.9 Å². The third-order valence-corrected chi connectivity index (χ3v) is 5.54. The molecule has 1 amide bonds. The van der Waals surface area contributed by atoms with Crippen molar-refractivity contribution in [3.05, 3.63) is 36.4 Å². The molecule has 0 aliphatic carbocycles. The minimum atomic E-state index is -3.69. The first kappa shape index (κ1) is 16.7. The van der Waals surface area contributed by atoms with Crippen LogP contribution in [0.1, 0.15) is 30.3 Å². The van der Waals surface area contributed by atoms with Gasteiger partial charge in [-0.3, -0.25) is 9.48 Å². The average Bonchev–Trinajstić information content (AvgIpc) is 3.28. The summed E-state index contributed by atoms with van der Waals surface area (Å²) in [7, 11) is -3.69. The number of carbonyl (C=O) groups is 1. The van der Waals surface area contributed by atoms with Crippen LogP contribution in [0.4, 0.5) is 0 Å². The highest BCUT2D eigenvalue weighted by atomic mass is 32.2. The lowest BCUT2D eigenvalue weighted by Gasteiger charge is -2.14. The predicted octanol–water partition coefficient (Wildman–Crippen LogP) is 0.814. The molecule has 1 fully saturated rings. The van der Waals surface area contributed by atoms with Crippen molar-refractivity contribution in [2.75, 3.05) is 13.1 Å². The lowest BCUT2D eigenvalue weighted by Crippen LogP contribution is -2.35. The van der Waals surface area contributed by atoms with Gasteiger partial charge >= 0.3 is 0 Å². The maximum atomic E-state index is 12.4. The third-order valence-electron chi connectivity index (χ3n) is 3.97. The van der Waals surface area contributed by atoms with Crippen LogP contribution in [0.25, 0.3) is 0 Å². The molecule has 0 spiro atoms. The summed E-state index contributed by atoms with van der Waals surface area (Å²) in [5.74, 6) is -0.154. The molecule has 8 nitrogen and oxygen atoms in total. The van der Waals surface area contributed by atoms with Crippen molar-refractivity contribution < 1.29 is 13.2 Å². The molecule has 1 atom stereocenters. The standard InChI is InChI=1S/C15H21N5O3S/c1-12(11-20-8-4-5-17-20)18-24(22,23)13-9-14(16-10-13)15(21)19-6-2-3-7-19/h4-5,8-10,12,16,18H,2-3,6-7,11H2,1H3. The summed E-state index contributed by atoms with van der Waals surface area (Å²) in [5, 5.41) is 4.06. The van der Waals surface area contributed by atoms with E-state index in [-0.39, 0.29) is 16.8 Å². The molecule has 24 heavy (non-hydrogen) atoms. The van der Waals surface area contributed by atoms with E-state index < -0.39 is 10.0 Å². The van der Waals surface area contributed by atoms with Crippen molar-refractivity contribution in [1.82, 2.24) is 24.4 Å². The number of nitrogens with one attached hydrogen (secondary N) is 2. The summed E-state index contributed by atoms with van der Waals surface area (Å²) in [6, 6.07) is 2.84. The van der Waals surface area contributed by atoms with E-state index in [1.165, 1.54) is 12.3 Å². The fraction of sp³-hybridized carbons (Fsp3) is 0.467. The van der Waals surface area contributed by atoms with Gasteiger partial charge in [-0.2, -0.15) is 5.10 Å². The van der Waals surface area contributed by atoms with Crippen molar-refractivity contribution in [2.24, 2.45) is 0 Å². The van der Waals surface area contributed by atoms with Crippen molar-refractivity contribution in [3.8, 4) is 0 Å². The first-order chi connectivity index (χ1) is 11.5.